The van der Waals surface area contributed by atoms with E-state index in [1.54, 1.807) is 6.07 Å². The highest BCUT2D eigenvalue weighted by Gasteiger charge is 2.32. The molecule has 1 saturated heterocycles. The van der Waals surface area contributed by atoms with Crippen molar-refractivity contribution in [3.63, 3.8) is 0 Å². The predicted molar refractivity (Wildman–Crippen MR) is 174 cm³/mol. The number of aromatic amines is 2. The second-order valence-electron chi connectivity index (χ2n) is 10.7. The molecule has 5 rings (SSSR count). The van der Waals surface area contributed by atoms with E-state index in [4.69, 9.17) is 10.6 Å². The number of piperazine rings is 1. The van der Waals surface area contributed by atoms with Gasteiger partial charge in [0.2, 0.25) is 5.96 Å². The number of benzene rings is 1. The summed E-state index contributed by atoms with van der Waals surface area (Å²) < 4.78 is 5.52. The lowest BCUT2D eigenvalue weighted by molar-refractivity contribution is -0.127. The van der Waals surface area contributed by atoms with E-state index < -0.39 is 11.7 Å². The molecule has 0 spiro atoms. The number of nitrogens with one attached hydrogen (secondary N) is 3. The number of H-pyrrole nitrogens is 2. The molecule has 1 aliphatic rings. The Kier molecular flexibility index (Phi) is 9.56. The van der Waals surface area contributed by atoms with Gasteiger partial charge in [0, 0.05) is 52.2 Å². The van der Waals surface area contributed by atoms with E-state index >= 15 is 0 Å². The number of carbonyl (C=O) groups is 3. The first kappa shape index (κ1) is 31.6. The van der Waals surface area contributed by atoms with Gasteiger partial charge in [-0.15, -0.1) is 5.10 Å². The van der Waals surface area contributed by atoms with Crippen LogP contribution < -0.4 is 20.9 Å². The Labute approximate surface area is 264 Å². The number of ether oxygens (including phenoxy) is 1. The van der Waals surface area contributed by atoms with Crippen molar-refractivity contribution in [3.8, 4) is 17.1 Å². The monoisotopic (exact) mass is 628 g/mol. The number of ketones is 1. The summed E-state index contributed by atoms with van der Waals surface area (Å²) in [6.07, 6.45) is 2.92. The van der Waals surface area contributed by atoms with E-state index in [-0.39, 0.29) is 30.3 Å². The van der Waals surface area contributed by atoms with Crippen LogP contribution in [0.1, 0.15) is 20.8 Å². The van der Waals surface area contributed by atoms with Gasteiger partial charge in [0.25, 0.3) is 17.6 Å². The van der Waals surface area contributed by atoms with E-state index in [1.807, 2.05) is 54.2 Å². The van der Waals surface area contributed by atoms with Gasteiger partial charge in [-0.25, -0.2) is 4.98 Å². The smallest absolute Gasteiger partial charge is 0.295 e. The van der Waals surface area contributed by atoms with Crippen LogP contribution in [0, 0.1) is 0 Å². The highest BCUT2D eigenvalue weighted by molar-refractivity contribution is 6.45. The molecular formula is C30H36N12O4. The number of rotatable bonds is 10. The first-order valence-corrected chi connectivity index (χ1v) is 14.5. The second kappa shape index (κ2) is 13.9. The molecular weight excluding hydrogens is 592 g/mol. The molecule has 1 aliphatic heterocycles. The number of guanidine groups is 1. The zero-order valence-corrected chi connectivity index (χ0v) is 25.9. The first-order chi connectivity index (χ1) is 22.3. The Morgan fingerprint density at radius 2 is 1.85 bits per heavy atom. The number of hydrogen-bond donors (Lipinski definition) is 4. The van der Waals surface area contributed by atoms with Crippen LogP contribution in [0.5, 0.6) is 5.75 Å². The van der Waals surface area contributed by atoms with Crippen LogP contribution in [0.4, 0.5) is 5.69 Å². The summed E-state index contributed by atoms with van der Waals surface area (Å²) in [5.41, 5.74) is 2.32. The Morgan fingerprint density at radius 1 is 1.13 bits per heavy atom. The van der Waals surface area contributed by atoms with Gasteiger partial charge >= 0.3 is 0 Å². The molecule has 1 fully saturated rings. The summed E-state index contributed by atoms with van der Waals surface area (Å²) in [6.45, 7) is 6.03. The van der Waals surface area contributed by atoms with E-state index in [9.17, 15) is 14.4 Å². The van der Waals surface area contributed by atoms with Crippen molar-refractivity contribution in [2.45, 2.75) is 0 Å². The third-order valence-corrected chi connectivity index (χ3v) is 7.54. The average Bonchev–Trinajstić information content (AvgIpc) is 3.75. The Bertz CT molecular complexity index is 1760. The molecule has 5 N–H and O–H groups in total. The molecule has 0 aliphatic carbocycles. The van der Waals surface area contributed by atoms with Gasteiger partial charge in [0.1, 0.15) is 22.8 Å². The maximum Gasteiger partial charge on any atom is 0.295 e. The number of nitrogens with two attached hydrogens (primary N) is 1. The van der Waals surface area contributed by atoms with Crippen molar-refractivity contribution in [1.82, 2.24) is 40.2 Å². The van der Waals surface area contributed by atoms with Gasteiger partial charge in [0.15, 0.2) is 0 Å². The lowest BCUT2D eigenvalue weighted by Crippen LogP contribution is -2.55. The van der Waals surface area contributed by atoms with Gasteiger partial charge in [-0.05, 0) is 32.3 Å². The molecule has 0 unspecified atom stereocenters. The van der Waals surface area contributed by atoms with Gasteiger partial charge in [0.05, 0.1) is 35.5 Å². The summed E-state index contributed by atoms with van der Waals surface area (Å²) in [5.74, 6) is 4.74. The SMILES string of the molecule is C=NN(/C(=N\N)N1CCN(C(=O)C(=O)c2c[nH]c3c(-c4cc(C(=O)NCCN(C)C)[nH]n4)ncc(OC)c23)CC1)c1ccccc1. The van der Waals surface area contributed by atoms with E-state index in [0.717, 1.165) is 5.69 Å². The molecule has 2 amide bonds. The minimum absolute atomic E-state index is 0.135. The number of nitrogens with zero attached hydrogens (tertiary/aromatic N) is 8. The number of methoxy groups -OCH3 is 1. The standard InChI is InChI=1S/C30H36N12O4/c1-32-42(19-8-6-5-7-9-19)30(36-31)41-14-12-40(13-15-41)29(45)27(43)20-17-34-26-24(20)23(46-4)18-35-25(26)21-16-22(38-37-21)28(44)33-10-11-39(2)3/h5-9,16-18,34H,1,10-15,31H2,2-4H3,(H,33,44)(H,37,38)/b36-30-. The zero-order valence-electron chi connectivity index (χ0n) is 25.9. The highest BCUT2D eigenvalue weighted by Crippen LogP contribution is 2.34. The Morgan fingerprint density at radius 3 is 2.50 bits per heavy atom. The van der Waals surface area contributed by atoms with Gasteiger partial charge in [-0.2, -0.15) is 15.2 Å². The Hall–Kier alpha value is -5.77. The normalized spacial score (nSPS) is 13.6. The molecule has 16 nitrogen and oxygen atoms in total. The van der Waals surface area contributed by atoms with Crippen molar-refractivity contribution < 1.29 is 19.1 Å². The number of fused-ring (bicyclic) bond motifs is 1. The van der Waals surface area contributed by atoms with Gasteiger partial charge < -0.3 is 35.6 Å². The fourth-order valence-corrected chi connectivity index (χ4v) is 5.16. The number of anilines is 1. The maximum absolute atomic E-state index is 13.6. The fourth-order valence-electron chi connectivity index (χ4n) is 5.16. The first-order valence-electron chi connectivity index (χ1n) is 14.5. The summed E-state index contributed by atoms with van der Waals surface area (Å²) in [6, 6.07) is 10.9. The van der Waals surface area contributed by atoms with E-state index in [2.05, 4.69) is 42.4 Å². The summed E-state index contributed by atoms with van der Waals surface area (Å²) in [4.78, 5) is 52.6. The minimum Gasteiger partial charge on any atom is -0.494 e. The Balaban J connectivity index is 1.32. The molecule has 46 heavy (non-hydrogen) atoms. The molecule has 0 radical (unpaired) electrons. The van der Waals surface area contributed by atoms with Crippen molar-refractivity contribution in [2.24, 2.45) is 16.0 Å². The van der Waals surface area contributed by atoms with Crippen molar-refractivity contribution in [1.29, 1.82) is 0 Å². The third kappa shape index (κ3) is 6.37. The quantitative estimate of drug-likeness (QED) is 0.0490. The zero-order chi connectivity index (χ0) is 32.8. The molecule has 4 aromatic rings. The molecule has 16 heteroatoms. The summed E-state index contributed by atoms with van der Waals surface area (Å²) >= 11 is 0. The second-order valence-corrected chi connectivity index (χ2v) is 10.7. The molecule has 3 aromatic heterocycles. The van der Waals surface area contributed by atoms with Crippen molar-refractivity contribution >= 4 is 46.9 Å². The van der Waals surface area contributed by atoms with Crippen LogP contribution in [0.2, 0.25) is 0 Å². The number of hydrogen-bond acceptors (Lipinski definition) is 10. The third-order valence-electron chi connectivity index (χ3n) is 7.54. The topological polar surface area (TPSA) is 194 Å². The molecule has 240 valence electrons. The van der Waals surface area contributed by atoms with Crippen LogP contribution >= 0.6 is 0 Å². The predicted octanol–water partition coefficient (Wildman–Crippen LogP) is 0.932. The van der Waals surface area contributed by atoms with Crippen molar-refractivity contribution in [2.75, 3.05) is 65.5 Å². The summed E-state index contributed by atoms with van der Waals surface area (Å²) in [5, 5.41) is 19.7. The number of pyridine rings is 1. The maximum atomic E-state index is 13.6. The van der Waals surface area contributed by atoms with Gasteiger partial charge in [-0.3, -0.25) is 19.5 Å². The number of likely N-dealkylation sites (N-methyl/N-ethyl adjacent to an activating group) is 1. The lowest BCUT2D eigenvalue weighted by Gasteiger charge is -2.37. The lowest BCUT2D eigenvalue weighted by atomic mass is 10.1. The number of Topliss-reactive ketones (excluding diaryl/α,β-unsaturated/α-hetero) is 1. The molecule has 4 heterocycles. The molecule has 0 atom stereocenters. The molecule has 1 aromatic carbocycles. The van der Waals surface area contributed by atoms with E-state index in [0.29, 0.717) is 60.2 Å². The highest BCUT2D eigenvalue weighted by atomic mass is 16.5. The molecule has 0 bridgehead atoms. The van der Waals surface area contributed by atoms with Crippen LogP contribution in [0.3, 0.4) is 0 Å². The van der Waals surface area contributed by atoms with Gasteiger partial charge in [-0.1, -0.05) is 18.2 Å². The largest absolute Gasteiger partial charge is 0.494 e. The average molecular weight is 629 g/mol. The number of amides is 2. The number of aromatic nitrogens is 4. The fraction of sp³-hybridized carbons (Fsp3) is 0.300. The van der Waals surface area contributed by atoms with Crippen LogP contribution in [0.25, 0.3) is 22.3 Å². The van der Waals surface area contributed by atoms with Crippen LogP contribution in [0.15, 0.2) is 59.0 Å². The number of carbonyl (C=O) groups excluding carboxylic acids is 3. The van der Waals surface area contributed by atoms with Crippen molar-refractivity contribution in [3.05, 3.63) is 60.0 Å². The number of para-hydroxylation sites is 1. The minimum atomic E-state index is -0.704. The number of hydrazone groups is 2. The van der Waals surface area contributed by atoms with Crippen LogP contribution in [-0.4, -0.2) is 126 Å². The van der Waals surface area contributed by atoms with E-state index in [1.165, 1.54) is 29.4 Å². The summed E-state index contributed by atoms with van der Waals surface area (Å²) in [7, 11) is 5.29. The van der Waals surface area contributed by atoms with Crippen LogP contribution in [-0.2, 0) is 4.79 Å². The molecule has 0 saturated carbocycles.